The second-order valence-electron chi connectivity index (χ2n) is 8.67. The minimum absolute atomic E-state index is 0.0247. The van der Waals surface area contributed by atoms with E-state index < -0.39 is 17.5 Å². The lowest BCUT2D eigenvalue weighted by Crippen LogP contribution is -2.34. The second kappa shape index (κ2) is 8.73. The molecule has 1 aliphatic carbocycles. The van der Waals surface area contributed by atoms with Crippen LogP contribution < -0.4 is 4.74 Å². The van der Waals surface area contributed by atoms with Gasteiger partial charge >= 0.3 is 5.97 Å². The summed E-state index contributed by atoms with van der Waals surface area (Å²) in [6.45, 7) is 3.93. The van der Waals surface area contributed by atoms with Crippen LogP contribution in [0.2, 0.25) is 0 Å². The molecule has 1 fully saturated rings. The number of nitrogens with zero attached hydrogens (tertiary/aromatic N) is 1. The van der Waals surface area contributed by atoms with Gasteiger partial charge in [-0.2, -0.15) is 0 Å². The van der Waals surface area contributed by atoms with E-state index in [-0.39, 0.29) is 41.4 Å². The van der Waals surface area contributed by atoms with Gasteiger partial charge in [0.1, 0.15) is 11.9 Å². The van der Waals surface area contributed by atoms with E-state index in [0.717, 1.165) is 0 Å². The molecule has 1 aliphatic rings. The molecule has 4 rings (SSSR count). The van der Waals surface area contributed by atoms with Crippen molar-refractivity contribution in [2.75, 3.05) is 0 Å². The second-order valence-corrected chi connectivity index (χ2v) is 8.67. The molecule has 0 bridgehead atoms. The molecule has 7 heteroatoms. The molecule has 0 radical (unpaired) electrons. The average Bonchev–Trinajstić information content (AvgIpc) is 2.72. The molecule has 168 valence electrons. The quantitative estimate of drug-likeness (QED) is 0.468. The van der Waals surface area contributed by atoms with Crippen LogP contribution >= 0.6 is 0 Å². The molecule has 3 aromatic rings. The number of aromatic hydroxyl groups is 1. The summed E-state index contributed by atoms with van der Waals surface area (Å²) in [6, 6.07) is 8.87. The van der Waals surface area contributed by atoms with Crippen molar-refractivity contribution in [1.82, 2.24) is 4.98 Å². The molecule has 1 heterocycles. The lowest BCUT2D eigenvalue weighted by atomic mass is 9.79. The van der Waals surface area contributed by atoms with Gasteiger partial charge in [0, 0.05) is 12.0 Å². The first-order chi connectivity index (χ1) is 15.2. The Kier molecular flexibility index (Phi) is 6.00. The van der Waals surface area contributed by atoms with Crippen LogP contribution in [0.4, 0.5) is 8.78 Å². The molecule has 0 spiro atoms. The Morgan fingerprint density at radius 2 is 1.84 bits per heavy atom. The van der Waals surface area contributed by atoms with E-state index >= 15 is 4.39 Å². The molecule has 0 saturated heterocycles. The van der Waals surface area contributed by atoms with Crippen molar-refractivity contribution >= 4 is 16.7 Å². The normalized spacial score (nSPS) is 18.0. The van der Waals surface area contributed by atoms with E-state index in [1.165, 1.54) is 18.2 Å². The third kappa shape index (κ3) is 4.24. The summed E-state index contributed by atoms with van der Waals surface area (Å²) in [7, 11) is 0. The Bertz CT molecular complexity index is 1160. The average molecular weight is 441 g/mol. The van der Waals surface area contributed by atoms with Gasteiger partial charge in [0.05, 0.1) is 11.1 Å². The first kappa shape index (κ1) is 22.0. The third-order valence-electron chi connectivity index (χ3n) is 6.00. The highest BCUT2D eigenvalue weighted by molar-refractivity contribution is 6.01. The Labute approximate surface area is 184 Å². The van der Waals surface area contributed by atoms with E-state index in [1.807, 2.05) is 13.8 Å². The predicted molar refractivity (Wildman–Crippen MR) is 117 cm³/mol. The smallest absolute Gasteiger partial charge is 0.303 e. The molecule has 0 aliphatic heterocycles. The van der Waals surface area contributed by atoms with E-state index in [2.05, 4.69) is 4.98 Å². The Hall–Kier alpha value is -3.22. The number of fused-ring (bicyclic) bond motifs is 1. The van der Waals surface area contributed by atoms with Gasteiger partial charge < -0.3 is 14.9 Å². The fourth-order valence-corrected chi connectivity index (χ4v) is 4.26. The van der Waals surface area contributed by atoms with E-state index in [9.17, 15) is 14.3 Å². The summed E-state index contributed by atoms with van der Waals surface area (Å²) in [4.78, 5) is 15.4. The number of carbonyl (C=O) groups is 1. The monoisotopic (exact) mass is 441 g/mol. The maximum atomic E-state index is 15.1. The minimum atomic E-state index is -0.822. The number of benzene rings is 2. The zero-order valence-electron chi connectivity index (χ0n) is 17.9. The summed E-state index contributed by atoms with van der Waals surface area (Å²) in [5.41, 5.74) is 2.06. The number of halogens is 2. The predicted octanol–water partition coefficient (Wildman–Crippen LogP) is 6.03. The van der Waals surface area contributed by atoms with E-state index in [0.29, 0.717) is 41.5 Å². The van der Waals surface area contributed by atoms with E-state index in [1.54, 1.807) is 18.2 Å². The maximum Gasteiger partial charge on any atom is 0.303 e. The number of ether oxygens (including phenoxy) is 1. The van der Waals surface area contributed by atoms with Gasteiger partial charge in [-0.15, -0.1) is 0 Å². The van der Waals surface area contributed by atoms with Gasteiger partial charge in [-0.25, -0.2) is 13.8 Å². The van der Waals surface area contributed by atoms with Crippen LogP contribution in [0.15, 0.2) is 36.4 Å². The number of phenolic OH excluding ortho intramolecular Hbond substituents is 1. The van der Waals surface area contributed by atoms with Crippen LogP contribution in [0.1, 0.15) is 51.1 Å². The molecule has 1 saturated carbocycles. The maximum absolute atomic E-state index is 15.1. The number of rotatable bonds is 7. The topological polar surface area (TPSA) is 79.7 Å². The van der Waals surface area contributed by atoms with Gasteiger partial charge in [0.15, 0.2) is 11.6 Å². The minimum Gasteiger partial charge on any atom is -0.505 e. The molecule has 32 heavy (non-hydrogen) atoms. The molecular weight excluding hydrogens is 416 g/mol. The zero-order chi connectivity index (χ0) is 23.0. The number of carboxylic acids is 1. The summed E-state index contributed by atoms with van der Waals surface area (Å²) in [6.07, 6.45) is 1.86. The van der Waals surface area contributed by atoms with Gasteiger partial charge in [-0.1, -0.05) is 26.0 Å². The lowest BCUT2D eigenvalue weighted by Gasteiger charge is -2.35. The number of aliphatic carboxylic acids is 1. The van der Waals surface area contributed by atoms with Crippen LogP contribution in [-0.2, 0) is 4.79 Å². The highest BCUT2D eigenvalue weighted by Crippen LogP contribution is 2.43. The van der Waals surface area contributed by atoms with Crippen LogP contribution in [0, 0.1) is 17.6 Å². The van der Waals surface area contributed by atoms with Crippen LogP contribution in [-0.4, -0.2) is 27.3 Å². The first-order valence-corrected chi connectivity index (χ1v) is 10.7. The van der Waals surface area contributed by atoms with Crippen LogP contribution in [0.25, 0.3) is 21.9 Å². The summed E-state index contributed by atoms with van der Waals surface area (Å²) < 4.78 is 34.7. The molecule has 0 amide bonds. The SMILES string of the molecule is CC(C)c1nc(OC2CC(CCC(=O)O)C2)c2c(F)c(O)ccc2c1-c1ccc(F)cc1. The Morgan fingerprint density at radius 3 is 2.47 bits per heavy atom. The van der Waals surface area contributed by atoms with Crippen molar-refractivity contribution in [3.63, 3.8) is 0 Å². The zero-order valence-corrected chi connectivity index (χ0v) is 17.9. The van der Waals surface area contributed by atoms with Gasteiger partial charge in [-0.05, 0) is 66.3 Å². The molecule has 0 unspecified atom stereocenters. The summed E-state index contributed by atoms with van der Waals surface area (Å²) in [5.74, 6) is -2.16. The fraction of sp³-hybridized carbons (Fsp3) is 0.360. The molecule has 5 nitrogen and oxygen atoms in total. The number of phenols is 1. The highest BCUT2D eigenvalue weighted by atomic mass is 19.1. The first-order valence-electron chi connectivity index (χ1n) is 10.7. The largest absolute Gasteiger partial charge is 0.505 e. The Morgan fingerprint density at radius 1 is 1.16 bits per heavy atom. The Balaban J connectivity index is 1.77. The van der Waals surface area contributed by atoms with Crippen LogP contribution in [0.5, 0.6) is 11.6 Å². The lowest BCUT2D eigenvalue weighted by molar-refractivity contribution is -0.137. The number of hydrogen-bond donors (Lipinski definition) is 2. The van der Waals surface area contributed by atoms with E-state index in [4.69, 9.17) is 9.84 Å². The number of aromatic nitrogens is 1. The summed E-state index contributed by atoms with van der Waals surface area (Å²) >= 11 is 0. The summed E-state index contributed by atoms with van der Waals surface area (Å²) in [5, 5.41) is 19.5. The molecule has 2 aromatic carbocycles. The van der Waals surface area contributed by atoms with Crippen molar-refractivity contribution in [3.05, 3.63) is 53.7 Å². The molecule has 0 atom stereocenters. The van der Waals surface area contributed by atoms with Gasteiger partial charge in [0.25, 0.3) is 0 Å². The van der Waals surface area contributed by atoms with Crippen molar-refractivity contribution < 1.29 is 28.5 Å². The standard InChI is InChI=1S/C25H25F2NO4/c1-13(2)24-21(15-4-6-16(26)7-5-15)18-8-9-19(29)23(27)22(18)25(28-24)32-17-11-14(12-17)3-10-20(30)31/h4-9,13-14,17,29H,3,10-12H2,1-2H3,(H,30,31). The van der Waals surface area contributed by atoms with Crippen molar-refractivity contribution in [3.8, 4) is 22.8 Å². The third-order valence-corrected chi connectivity index (χ3v) is 6.00. The van der Waals surface area contributed by atoms with Crippen molar-refractivity contribution in [1.29, 1.82) is 0 Å². The highest BCUT2D eigenvalue weighted by Gasteiger charge is 2.33. The van der Waals surface area contributed by atoms with Crippen molar-refractivity contribution in [2.24, 2.45) is 5.92 Å². The molecule has 1 aromatic heterocycles. The number of carboxylic acid groups (broad SMARTS) is 1. The van der Waals surface area contributed by atoms with Gasteiger partial charge in [-0.3, -0.25) is 4.79 Å². The van der Waals surface area contributed by atoms with Gasteiger partial charge in [0.2, 0.25) is 5.88 Å². The number of pyridine rings is 1. The van der Waals surface area contributed by atoms with Crippen molar-refractivity contribution in [2.45, 2.75) is 51.6 Å². The fourth-order valence-electron chi connectivity index (χ4n) is 4.26. The number of hydrogen-bond acceptors (Lipinski definition) is 4. The molecule has 2 N–H and O–H groups in total. The molecular formula is C25H25F2NO4. The van der Waals surface area contributed by atoms with Crippen LogP contribution in [0.3, 0.4) is 0 Å².